The van der Waals surface area contributed by atoms with Crippen LogP contribution in [0.3, 0.4) is 0 Å². The lowest BCUT2D eigenvalue weighted by molar-refractivity contribution is 0.0699. The van der Waals surface area contributed by atoms with Crippen LogP contribution in [0.2, 0.25) is 5.02 Å². The highest BCUT2D eigenvalue weighted by Crippen LogP contribution is 2.24. The largest absolute Gasteiger partial charge is 0.478 e. The lowest BCUT2D eigenvalue weighted by Crippen LogP contribution is -2.00. The number of rotatable bonds is 3. The van der Waals surface area contributed by atoms with Crippen LogP contribution in [-0.4, -0.2) is 15.6 Å². The molecule has 3 aromatic rings. The van der Waals surface area contributed by atoms with E-state index in [9.17, 15) is 14.3 Å². The molecule has 2 aromatic carbocycles. The molecule has 106 valence electrons. The summed E-state index contributed by atoms with van der Waals surface area (Å²) >= 11 is 6.03. The Morgan fingerprint density at radius 1 is 1.24 bits per heavy atom. The second-order valence-electron chi connectivity index (χ2n) is 4.72. The van der Waals surface area contributed by atoms with Gasteiger partial charge in [-0.05, 0) is 35.9 Å². The molecule has 0 fully saturated rings. The fraction of sp³-hybridized carbons (Fsp3) is 0.0625. The fourth-order valence-electron chi connectivity index (χ4n) is 2.38. The number of aromatic nitrogens is 1. The highest BCUT2D eigenvalue weighted by atomic mass is 35.5. The Labute approximate surface area is 125 Å². The zero-order valence-electron chi connectivity index (χ0n) is 10.9. The molecule has 3 rings (SSSR count). The molecule has 0 amide bonds. The van der Waals surface area contributed by atoms with Crippen LogP contribution >= 0.6 is 11.6 Å². The number of carboxylic acid groups (broad SMARTS) is 1. The van der Waals surface area contributed by atoms with Crippen molar-refractivity contribution in [3.8, 4) is 0 Å². The number of benzene rings is 2. The minimum atomic E-state index is -0.960. The topological polar surface area (TPSA) is 42.2 Å². The third-order valence-corrected chi connectivity index (χ3v) is 3.75. The minimum absolute atomic E-state index is 0.261. The Kier molecular flexibility index (Phi) is 3.39. The summed E-state index contributed by atoms with van der Waals surface area (Å²) in [5, 5.41) is 10.2. The van der Waals surface area contributed by atoms with Crippen molar-refractivity contribution in [2.75, 3.05) is 0 Å². The van der Waals surface area contributed by atoms with Crippen molar-refractivity contribution < 1.29 is 14.3 Å². The highest BCUT2D eigenvalue weighted by Gasteiger charge is 2.11. The van der Waals surface area contributed by atoms with Gasteiger partial charge in [-0.15, -0.1) is 0 Å². The number of carbonyl (C=O) groups is 1. The van der Waals surface area contributed by atoms with Crippen LogP contribution in [0.15, 0.2) is 48.7 Å². The van der Waals surface area contributed by atoms with E-state index in [1.54, 1.807) is 30.5 Å². The molecule has 0 spiro atoms. The van der Waals surface area contributed by atoms with Gasteiger partial charge >= 0.3 is 5.97 Å². The summed E-state index contributed by atoms with van der Waals surface area (Å²) in [6.07, 6.45) is 1.80. The molecule has 1 heterocycles. The standard InChI is InChI=1S/C16H11ClFNO2/c17-14-8-11(18)5-4-10(14)9-19-7-6-12-13(16(20)21)2-1-3-15(12)19/h1-8H,9H2,(H,20,21). The first-order valence-electron chi connectivity index (χ1n) is 6.31. The van der Waals surface area contributed by atoms with E-state index in [4.69, 9.17) is 11.6 Å². The van der Waals surface area contributed by atoms with E-state index >= 15 is 0 Å². The highest BCUT2D eigenvalue weighted by molar-refractivity contribution is 6.31. The number of halogens is 2. The van der Waals surface area contributed by atoms with E-state index in [1.807, 2.05) is 10.6 Å². The van der Waals surface area contributed by atoms with Crippen molar-refractivity contribution in [2.45, 2.75) is 6.54 Å². The lowest BCUT2D eigenvalue weighted by Gasteiger charge is -2.08. The molecule has 0 unspecified atom stereocenters. The number of hydrogen-bond donors (Lipinski definition) is 1. The van der Waals surface area contributed by atoms with Gasteiger partial charge in [0, 0.05) is 28.7 Å². The number of hydrogen-bond acceptors (Lipinski definition) is 1. The molecule has 0 aliphatic carbocycles. The summed E-state index contributed by atoms with van der Waals surface area (Å²) in [4.78, 5) is 11.2. The summed E-state index contributed by atoms with van der Waals surface area (Å²) in [6, 6.07) is 11.1. The van der Waals surface area contributed by atoms with Crippen LogP contribution in [-0.2, 0) is 6.54 Å². The zero-order chi connectivity index (χ0) is 15.0. The van der Waals surface area contributed by atoms with Gasteiger partial charge in [0.15, 0.2) is 0 Å². The van der Waals surface area contributed by atoms with Crippen molar-refractivity contribution in [2.24, 2.45) is 0 Å². The smallest absolute Gasteiger partial charge is 0.336 e. The molecule has 3 nitrogen and oxygen atoms in total. The molecule has 1 aromatic heterocycles. The molecule has 0 bridgehead atoms. The first kappa shape index (κ1) is 13.6. The van der Waals surface area contributed by atoms with Crippen LogP contribution in [0.1, 0.15) is 15.9 Å². The maximum absolute atomic E-state index is 13.1. The van der Waals surface area contributed by atoms with E-state index in [2.05, 4.69) is 0 Å². The van der Waals surface area contributed by atoms with Gasteiger partial charge in [0.25, 0.3) is 0 Å². The average Bonchev–Trinajstić information content (AvgIpc) is 2.85. The van der Waals surface area contributed by atoms with Crippen molar-refractivity contribution in [1.82, 2.24) is 4.57 Å². The molecule has 0 saturated carbocycles. The van der Waals surface area contributed by atoms with E-state index in [0.29, 0.717) is 17.0 Å². The lowest BCUT2D eigenvalue weighted by atomic mass is 10.1. The van der Waals surface area contributed by atoms with Crippen LogP contribution in [0.25, 0.3) is 10.9 Å². The van der Waals surface area contributed by atoms with Gasteiger partial charge in [-0.1, -0.05) is 23.7 Å². The Bertz CT molecular complexity index is 841. The van der Waals surface area contributed by atoms with Gasteiger partial charge in [0.05, 0.1) is 5.56 Å². The third-order valence-electron chi connectivity index (χ3n) is 3.40. The van der Waals surface area contributed by atoms with Crippen molar-refractivity contribution >= 4 is 28.5 Å². The van der Waals surface area contributed by atoms with E-state index in [-0.39, 0.29) is 11.4 Å². The number of carboxylic acids is 1. The monoisotopic (exact) mass is 303 g/mol. The number of nitrogens with zero attached hydrogens (tertiary/aromatic N) is 1. The maximum Gasteiger partial charge on any atom is 0.336 e. The molecule has 0 saturated heterocycles. The van der Waals surface area contributed by atoms with Crippen molar-refractivity contribution in [3.05, 3.63) is 70.6 Å². The average molecular weight is 304 g/mol. The van der Waals surface area contributed by atoms with Crippen LogP contribution < -0.4 is 0 Å². The Morgan fingerprint density at radius 2 is 2.05 bits per heavy atom. The van der Waals surface area contributed by atoms with Crippen LogP contribution in [0, 0.1) is 5.82 Å². The first-order chi connectivity index (χ1) is 10.1. The van der Waals surface area contributed by atoms with Gasteiger partial charge in [0.2, 0.25) is 0 Å². The molecular weight excluding hydrogens is 293 g/mol. The molecule has 21 heavy (non-hydrogen) atoms. The van der Waals surface area contributed by atoms with Crippen molar-refractivity contribution in [3.63, 3.8) is 0 Å². The second-order valence-corrected chi connectivity index (χ2v) is 5.13. The summed E-state index contributed by atoms with van der Waals surface area (Å²) in [6.45, 7) is 0.450. The van der Waals surface area contributed by atoms with E-state index < -0.39 is 5.97 Å². The van der Waals surface area contributed by atoms with Crippen LogP contribution in [0.4, 0.5) is 4.39 Å². The van der Waals surface area contributed by atoms with Gasteiger partial charge in [0.1, 0.15) is 5.82 Å². The molecule has 0 atom stereocenters. The normalized spacial score (nSPS) is 11.0. The predicted molar refractivity (Wildman–Crippen MR) is 79.4 cm³/mol. The summed E-state index contributed by atoms with van der Waals surface area (Å²) in [7, 11) is 0. The molecule has 0 aliphatic heterocycles. The van der Waals surface area contributed by atoms with Crippen LogP contribution in [0.5, 0.6) is 0 Å². The molecule has 5 heteroatoms. The molecule has 0 radical (unpaired) electrons. The predicted octanol–water partition coefficient (Wildman–Crippen LogP) is 4.18. The molecular formula is C16H11ClFNO2. The van der Waals surface area contributed by atoms with Gasteiger partial charge < -0.3 is 9.67 Å². The summed E-state index contributed by atoms with van der Waals surface area (Å²) in [5.74, 6) is -1.34. The number of fused-ring (bicyclic) bond motifs is 1. The molecule has 0 aliphatic rings. The molecule has 1 N–H and O–H groups in total. The third kappa shape index (κ3) is 2.50. The van der Waals surface area contributed by atoms with Gasteiger partial charge in [-0.25, -0.2) is 9.18 Å². The summed E-state index contributed by atoms with van der Waals surface area (Å²) in [5.41, 5.74) is 1.84. The summed E-state index contributed by atoms with van der Waals surface area (Å²) < 4.78 is 15.0. The Morgan fingerprint density at radius 3 is 2.76 bits per heavy atom. The number of aromatic carboxylic acids is 1. The SMILES string of the molecule is O=C(O)c1cccc2c1ccn2Cc1ccc(F)cc1Cl. The Balaban J connectivity index is 2.06. The maximum atomic E-state index is 13.1. The fourth-order valence-corrected chi connectivity index (χ4v) is 2.61. The quantitative estimate of drug-likeness (QED) is 0.788. The van der Waals surface area contributed by atoms with Gasteiger partial charge in [-0.3, -0.25) is 0 Å². The minimum Gasteiger partial charge on any atom is -0.478 e. The van der Waals surface area contributed by atoms with E-state index in [1.165, 1.54) is 12.1 Å². The van der Waals surface area contributed by atoms with E-state index in [0.717, 1.165) is 11.1 Å². The second kappa shape index (κ2) is 5.22. The first-order valence-corrected chi connectivity index (χ1v) is 6.69. The Hall–Kier alpha value is -2.33. The van der Waals surface area contributed by atoms with Gasteiger partial charge in [-0.2, -0.15) is 0 Å². The zero-order valence-corrected chi connectivity index (χ0v) is 11.6. The van der Waals surface area contributed by atoms with Crippen molar-refractivity contribution in [1.29, 1.82) is 0 Å².